The maximum Gasteiger partial charge on any atom is 0.341 e. The zero-order valence-electron chi connectivity index (χ0n) is 21.1. The molecule has 0 aliphatic heterocycles. The van der Waals surface area contributed by atoms with Gasteiger partial charge in [0, 0.05) is 6.07 Å². The van der Waals surface area contributed by atoms with Crippen LogP contribution in [-0.4, -0.2) is 16.8 Å². The first-order valence-corrected chi connectivity index (χ1v) is 12.1. The molecule has 0 radical (unpaired) electrons. The molecule has 0 amide bonds. The summed E-state index contributed by atoms with van der Waals surface area (Å²) < 4.78 is 15.4. The van der Waals surface area contributed by atoms with Crippen LogP contribution in [0.3, 0.4) is 0 Å². The number of phenolic OH excluding ortho intramolecular Hbond substituents is 1. The lowest BCUT2D eigenvalue weighted by atomic mass is 10.1. The number of hydrogen-bond acceptors (Lipinski definition) is 4. The summed E-state index contributed by atoms with van der Waals surface area (Å²) in [7, 11) is 1.61. The van der Waals surface area contributed by atoms with E-state index in [0.717, 1.165) is 16.8 Å². The average Bonchev–Trinajstić information content (AvgIpc) is 2.92. The van der Waals surface area contributed by atoms with Gasteiger partial charge in [-0.3, -0.25) is 0 Å². The Morgan fingerprint density at radius 1 is 0.892 bits per heavy atom. The molecule has 0 saturated heterocycles. The second-order valence-electron chi connectivity index (χ2n) is 9.01. The number of aromatic hydroxyl groups is 1. The van der Waals surface area contributed by atoms with E-state index >= 15 is 0 Å². The fourth-order valence-corrected chi connectivity index (χ4v) is 4.63. The van der Waals surface area contributed by atoms with Gasteiger partial charge in [0.1, 0.15) is 18.9 Å². The monoisotopic (exact) mass is 493 g/mol. The maximum absolute atomic E-state index is 13.6. The Kier molecular flexibility index (Phi) is 6.64. The minimum Gasteiger partial charge on any atom is -0.507 e. The van der Waals surface area contributed by atoms with Crippen molar-refractivity contribution in [2.45, 2.75) is 27.0 Å². The first-order chi connectivity index (χ1) is 18.0. The smallest absolute Gasteiger partial charge is 0.341 e. The van der Waals surface area contributed by atoms with E-state index in [9.17, 15) is 9.90 Å². The van der Waals surface area contributed by atoms with Crippen LogP contribution >= 0.6 is 0 Å². The average molecular weight is 494 g/mol. The second-order valence-corrected chi connectivity index (χ2v) is 9.01. The van der Waals surface area contributed by atoms with Crippen LogP contribution in [0.15, 0.2) is 95.9 Å². The van der Waals surface area contributed by atoms with Crippen LogP contribution in [0.25, 0.3) is 16.9 Å². The predicted octanol–water partition coefficient (Wildman–Crippen LogP) is 5.21. The number of para-hydroxylation sites is 1. The molecule has 0 spiro atoms. The third-order valence-electron chi connectivity index (χ3n) is 6.65. The molecule has 0 fully saturated rings. The van der Waals surface area contributed by atoms with E-state index in [2.05, 4.69) is 13.0 Å². The summed E-state index contributed by atoms with van der Waals surface area (Å²) in [6.07, 6.45) is 1.91. The van der Waals surface area contributed by atoms with Crippen molar-refractivity contribution in [3.63, 3.8) is 0 Å². The van der Waals surface area contributed by atoms with E-state index in [-0.39, 0.29) is 11.3 Å². The molecule has 6 nitrogen and oxygen atoms in total. The number of nitrogens with zero attached hydrogens (tertiary/aromatic N) is 2. The van der Waals surface area contributed by atoms with Gasteiger partial charge in [-0.2, -0.15) is 8.97 Å². The Morgan fingerprint density at radius 3 is 2.43 bits per heavy atom. The van der Waals surface area contributed by atoms with Crippen LogP contribution in [0.1, 0.15) is 22.3 Å². The highest BCUT2D eigenvalue weighted by Gasteiger charge is 2.24. The van der Waals surface area contributed by atoms with E-state index in [0.29, 0.717) is 41.5 Å². The quantitative estimate of drug-likeness (QED) is 0.316. The van der Waals surface area contributed by atoms with Crippen LogP contribution in [0.5, 0.6) is 17.2 Å². The topological polar surface area (TPSA) is 64.8 Å². The van der Waals surface area contributed by atoms with Gasteiger partial charge in [0.2, 0.25) is 0 Å². The molecule has 186 valence electrons. The van der Waals surface area contributed by atoms with Crippen LogP contribution < -0.4 is 19.4 Å². The molecular weight excluding hydrogens is 464 g/mol. The van der Waals surface area contributed by atoms with Gasteiger partial charge in [-0.15, -0.1) is 0 Å². The maximum atomic E-state index is 13.6. The predicted molar refractivity (Wildman–Crippen MR) is 143 cm³/mol. The lowest BCUT2D eigenvalue weighted by molar-refractivity contribution is -0.504. The summed E-state index contributed by atoms with van der Waals surface area (Å²) in [6, 6.07) is 26.6. The van der Waals surface area contributed by atoms with Gasteiger partial charge in [-0.05, 0) is 60.9 Å². The van der Waals surface area contributed by atoms with Crippen LogP contribution in [0, 0.1) is 13.8 Å². The zero-order chi connectivity index (χ0) is 25.9. The number of methoxy groups -OCH3 is 1. The van der Waals surface area contributed by atoms with E-state index in [4.69, 9.17) is 9.47 Å². The molecule has 1 N–H and O–H groups in total. The van der Waals surface area contributed by atoms with Gasteiger partial charge in [-0.1, -0.05) is 48.5 Å². The van der Waals surface area contributed by atoms with Crippen molar-refractivity contribution in [3.8, 4) is 28.5 Å². The lowest BCUT2D eigenvalue weighted by Crippen LogP contribution is -2.38. The fourth-order valence-electron chi connectivity index (χ4n) is 4.63. The normalized spacial score (nSPS) is 11.0. The molecule has 5 rings (SSSR count). The molecule has 3 aromatic carbocycles. The van der Waals surface area contributed by atoms with Gasteiger partial charge < -0.3 is 14.6 Å². The molecule has 0 atom stereocenters. The summed E-state index contributed by atoms with van der Waals surface area (Å²) >= 11 is 0. The molecular formula is C31H29N2O4+. The summed E-state index contributed by atoms with van der Waals surface area (Å²) in [5.41, 5.74) is 5.62. The molecule has 0 aliphatic carbocycles. The lowest BCUT2D eigenvalue weighted by Gasteiger charge is -2.14. The molecule has 0 unspecified atom stereocenters. The van der Waals surface area contributed by atoms with Gasteiger partial charge in [0.15, 0.2) is 17.2 Å². The Morgan fingerprint density at radius 2 is 1.65 bits per heavy atom. The van der Waals surface area contributed by atoms with Crippen LogP contribution in [0.2, 0.25) is 0 Å². The Bertz CT molecular complexity index is 1660. The SMILES string of the molecule is COc1cc(Cn2c(=O)c(C)c(-c3ccccc3O)[n+]3ccccc23)ccc1OCc1ccccc1C. The summed E-state index contributed by atoms with van der Waals surface area (Å²) in [6.45, 7) is 4.65. The number of hydrogen-bond donors (Lipinski definition) is 1. The number of aryl methyl sites for hydroxylation is 1. The van der Waals surface area contributed by atoms with E-state index in [1.54, 1.807) is 30.7 Å². The molecule has 0 saturated carbocycles. The highest BCUT2D eigenvalue weighted by molar-refractivity contribution is 5.67. The van der Waals surface area contributed by atoms with Crippen LogP contribution in [0.4, 0.5) is 0 Å². The minimum atomic E-state index is -0.122. The first-order valence-electron chi connectivity index (χ1n) is 12.1. The third kappa shape index (κ3) is 4.66. The summed E-state index contributed by atoms with van der Waals surface area (Å²) in [4.78, 5) is 13.6. The van der Waals surface area contributed by atoms with Crippen molar-refractivity contribution < 1.29 is 19.0 Å². The first kappa shape index (κ1) is 24.1. The number of aromatic nitrogens is 2. The fraction of sp³-hybridized carbons (Fsp3) is 0.161. The summed E-state index contributed by atoms with van der Waals surface area (Å²) in [5, 5.41) is 10.5. The Labute approximate surface area is 215 Å². The van der Waals surface area contributed by atoms with Gasteiger partial charge in [-0.25, -0.2) is 4.79 Å². The second kappa shape index (κ2) is 10.2. The molecule has 6 heteroatoms. The van der Waals surface area contributed by atoms with E-state index < -0.39 is 0 Å². The molecule has 37 heavy (non-hydrogen) atoms. The van der Waals surface area contributed by atoms with Crippen molar-refractivity contribution in [3.05, 3.63) is 124 Å². The van der Waals surface area contributed by atoms with Gasteiger partial charge in [0.05, 0.1) is 24.4 Å². The molecule has 2 heterocycles. The molecule has 5 aromatic rings. The number of fused-ring (bicyclic) bond motifs is 1. The van der Waals surface area contributed by atoms with Gasteiger partial charge in [0.25, 0.3) is 5.65 Å². The van der Waals surface area contributed by atoms with E-state index in [1.807, 2.05) is 77.3 Å². The van der Waals surface area contributed by atoms with Crippen molar-refractivity contribution in [1.29, 1.82) is 0 Å². The Balaban J connectivity index is 1.52. The summed E-state index contributed by atoms with van der Waals surface area (Å²) in [5.74, 6) is 1.39. The zero-order valence-corrected chi connectivity index (χ0v) is 21.1. The number of benzene rings is 3. The Hall–Kier alpha value is -4.58. The van der Waals surface area contributed by atoms with Crippen molar-refractivity contribution in [1.82, 2.24) is 4.57 Å². The van der Waals surface area contributed by atoms with Crippen LogP contribution in [-0.2, 0) is 13.2 Å². The molecule has 0 bridgehead atoms. The number of rotatable bonds is 7. The van der Waals surface area contributed by atoms with Crippen molar-refractivity contribution >= 4 is 5.65 Å². The molecule has 2 aromatic heterocycles. The van der Waals surface area contributed by atoms with E-state index in [1.165, 1.54) is 5.56 Å². The number of phenols is 1. The third-order valence-corrected chi connectivity index (χ3v) is 6.65. The standard InChI is InChI=1S/C31H28N2O4/c1-21-10-4-5-11-24(21)20-37-27-16-15-23(18-28(27)36-3)19-33-29-14-8-9-17-32(29)30(22(2)31(33)35)25-12-6-7-13-26(25)34/h4-18H,19-20H2,1-3H3/p+1. The largest absolute Gasteiger partial charge is 0.507 e. The number of pyridine rings is 1. The van der Waals surface area contributed by atoms with Crippen molar-refractivity contribution in [2.75, 3.05) is 7.11 Å². The molecule has 0 aliphatic rings. The minimum absolute atomic E-state index is 0.122. The van der Waals surface area contributed by atoms with Crippen molar-refractivity contribution in [2.24, 2.45) is 0 Å². The highest BCUT2D eigenvalue weighted by Crippen LogP contribution is 2.30. The highest BCUT2D eigenvalue weighted by atomic mass is 16.5. The number of ether oxygens (including phenoxy) is 2. The van der Waals surface area contributed by atoms with Gasteiger partial charge >= 0.3 is 5.56 Å².